The molecular weight excluding hydrogens is 318 g/mol. The van der Waals surface area contributed by atoms with E-state index in [1.54, 1.807) is 0 Å². The maximum atomic E-state index is 4.45. The molecule has 3 nitrogen and oxygen atoms in total. The average Bonchev–Trinajstić information content (AvgIpc) is 2.87. The Labute approximate surface area is 152 Å². The van der Waals surface area contributed by atoms with E-state index < -0.39 is 0 Å². The number of fused-ring (bicyclic) bond motifs is 4. The van der Waals surface area contributed by atoms with Gasteiger partial charge in [-0.2, -0.15) is 0 Å². The Bertz CT molecular complexity index is 1130. The smallest absolute Gasteiger partial charge is 0.0702 e. The number of para-hydroxylation sites is 1. The summed E-state index contributed by atoms with van der Waals surface area (Å²) >= 11 is 0. The van der Waals surface area contributed by atoms with Crippen molar-refractivity contribution in [3.8, 4) is 11.1 Å². The Morgan fingerprint density at radius 1 is 1.00 bits per heavy atom. The van der Waals surface area contributed by atoms with Crippen molar-refractivity contribution in [1.82, 2.24) is 14.9 Å². The second kappa shape index (κ2) is 5.42. The Kier molecular flexibility index (Phi) is 3.03. The van der Waals surface area contributed by atoms with Gasteiger partial charge in [0.05, 0.1) is 11.0 Å². The maximum Gasteiger partial charge on any atom is 0.0702 e. The van der Waals surface area contributed by atoms with Crippen molar-refractivity contribution < 1.29 is 0 Å². The third kappa shape index (κ3) is 2.07. The minimum absolute atomic E-state index is 0.699. The van der Waals surface area contributed by atoms with Crippen LogP contribution in [-0.2, 0) is 6.54 Å². The standard InChI is InChI=1S/C23H21N3/c1-4-18(16-6-7-21-17(13-16)3-2-10-24-21)23-19(5-1)20-14-26-11-8-15(9-12-26)22(20)25-23/h1-7,10,13,15,25H,8-9,11-12,14H2. The first-order valence-corrected chi connectivity index (χ1v) is 9.58. The fourth-order valence-corrected chi connectivity index (χ4v) is 4.90. The van der Waals surface area contributed by atoms with Gasteiger partial charge in [-0.3, -0.25) is 9.88 Å². The number of hydrogen-bond acceptors (Lipinski definition) is 2. The predicted molar refractivity (Wildman–Crippen MR) is 106 cm³/mol. The monoisotopic (exact) mass is 339 g/mol. The van der Waals surface area contributed by atoms with Gasteiger partial charge in [-0.05, 0) is 55.3 Å². The number of aromatic amines is 1. The van der Waals surface area contributed by atoms with Gasteiger partial charge in [-0.1, -0.05) is 30.3 Å². The van der Waals surface area contributed by atoms with Crippen molar-refractivity contribution in [1.29, 1.82) is 0 Å². The van der Waals surface area contributed by atoms with Crippen LogP contribution in [0, 0.1) is 0 Å². The quantitative estimate of drug-likeness (QED) is 0.525. The van der Waals surface area contributed by atoms with Gasteiger partial charge < -0.3 is 4.98 Å². The molecule has 3 heteroatoms. The predicted octanol–water partition coefficient (Wildman–Crippen LogP) is 5.08. The summed E-state index contributed by atoms with van der Waals surface area (Å²) < 4.78 is 0. The topological polar surface area (TPSA) is 31.9 Å². The minimum atomic E-state index is 0.699. The highest BCUT2D eigenvalue weighted by molar-refractivity contribution is 5.98. The summed E-state index contributed by atoms with van der Waals surface area (Å²) in [7, 11) is 0. The molecule has 26 heavy (non-hydrogen) atoms. The number of nitrogens with one attached hydrogen (secondary N) is 1. The van der Waals surface area contributed by atoms with E-state index in [-0.39, 0.29) is 0 Å². The van der Waals surface area contributed by atoms with Gasteiger partial charge >= 0.3 is 0 Å². The highest BCUT2D eigenvalue weighted by Crippen LogP contribution is 2.41. The van der Waals surface area contributed by atoms with Crippen molar-refractivity contribution in [2.45, 2.75) is 25.3 Å². The number of hydrogen-bond donors (Lipinski definition) is 1. The molecule has 7 rings (SSSR count). The van der Waals surface area contributed by atoms with E-state index in [2.05, 4.69) is 57.3 Å². The van der Waals surface area contributed by atoms with E-state index in [0.717, 1.165) is 12.1 Å². The fourth-order valence-electron chi connectivity index (χ4n) is 4.90. The summed E-state index contributed by atoms with van der Waals surface area (Å²) in [4.78, 5) is 10.9. The normalized spacial score (nSPS) is 21.8. The summed E-state index contributed by atoms with van der Waals surface area (Å²) in [6.45, 7) is 3.58. The zero-order chi connectivity index (χ0) is 17.1. The van der Waals surface area contributed by atoms with Gasteiger partial charge in [-0.15, -0.1) is 0 Å². The first-order valence-electron chi connectivity index (χ1n) is 9.58. The molecule has 0 saturated carbocycles. The van der Waals surface area contributed by atoms with E-state index >= 15 is 0 Å². The number of benzene rings is 2. The molecule has 128 valence electrons. The van der Waals surface area contributed by atoms with Crippen LogP contribution in [0.1, 0.15) is 30.0 Å². The molecule has 1 N–H and O–H groups in total. The van der Waals surface area contributed by atoms with Crippen molar-refractivity contribution in [2.24, 2.45) is 0 Å². The Morgan fingerprint density at radius 3 is 2.85 bits per heavy atom. The lowest BCUT2D eigenvalue weighted by Gasteiger charge is -2.26. The van der Waals surface area contributed by atoms with Gasteiger partial charge in [0.25, 0.3) is 0 Å². The molecule has 4 aromatic rings. The molecule has 3 aliphatic rings. The average molecular weight is 339 g/mol. The lowest BCUT2D eigenvalue weighted by molar-refractivity contribution is 0.220. The highest BCUT2D eigenvalue weighted by Gasteiger charge is 2.30. The molecule has 0 unspecified atom stereocenters. The van der Waals surface area contributed by atoms with Gasteiger partial charge in [0.15, 0.2) is 0 Å². The van der Waals surface area contributed by atoms with Crippen LogP contribution in [0.5, 0.6) is 0 Å². The molecule has 1 fully saturated rings. The summed E-state index contributed by atoms with van der Waals surface area (Å²) in [5.74, 6) is 0.699. The first kappa shape index (κ1) is 14.5. The largest absolute Gasteiger partial charge is 0.357 e. The summed E-state index contributed by atoms with van der Waals surface area (Å²) in [5.41, 5.74) is 7.94. The third-order valence-corrected chi connectivity index (χ3v) is 6.27. The first-order chi connectivity index (χ1) is 12.9. The van der Waals surface area contributed by atoms with E-state index in [9.17, 15) is 0 Å². The van der Waals surface area contributed by atoms with Gasteiger partial charge in [-0.25, -0.2) is 0 Å². The number of piperidine rings is 1. The van der Waals surface area contributed by atoms with Crippen LogP contribution in [0.25, 0.3) is 32.9 Å². The molecule has 0 radical (unpaired) electrons. The van der Waals surface area contributed by atoms with Crippen LogP contribution < -0.4 is 0 Å². The molecule has 5 heterocycles. The molecule has 2 aromatic heterocycles. The zero-order valence-corrected chi connectivity index (χ0v) is 14.7. The minimum Gasteiger partial charge on any atom is -0.357 e. The Morgan fingerprint density at radius 2 is 1.92 bits per heavy atom. The second-order valence-corrected chi connectivity index (χ2v) is 7.71. The van der Waals surface area contributed by atoms with Gasteiger partial charge in [0.2, 0.25) is 0 Å². The van der Waals surface area contributed by atoms with Crippen molar-refractivity contribution in [3.05, 3.63) is 66.0 Å². The van der Waals surface area contributed by atoms with Crippen LogP contribution in [0.2, 0.25) is 0 Å². The molecule has 0 spiro atoms. The number of H-pyrrole nitrogens is 1. The van der Waals surface area contributed by atoms with Gasteiger partial charge in [0, 0.05) is 40.7 Å². The van der Waals surface area contributed by atoms with E-state index in [1.165, 1.54) is 64.6 Å². The molecule has 0 aliphatic carbocycles. The van der Waals surface area contributed by atoms with Crippen LogP contribution >= 0.6 is 0 Å². The fraction of sp³-hybridized carbons (Fsp3) is 0.261. The summed E-state index contributed by atoms with van der Waals surface area (Å²) in [6.07, 6.45) is 4.43. The molecule has 3 aliphatic heterocycles. The Hall–Kier alpha value is -2.65. The van der Waals surface area contributed by atoms with Crippen molar-refractivity contribution >= 4 is 21.8 Å². The van der Waals surface area contributed by atoms with E-state index in [0.29, 0.717) is 5.92 Å². The lowest BCUT2D eigenvalue weighted by Crippen LogP contribution is -2.28. The van der Waals surface area contributed by atoms with Gasteiger partial charge in [0.1, 0.15) is 0 Å². The van der Waals surface area contributed by atoms with Crippen LogP contribution in [-0.4, -0.2) is 28.0 Å². The second-order valence-electron chi connectivity index (χ2n) is 7.71. The molecular formula is C23H21N3. The molecule has 0 atom stereocenters. The number of aromatic nitrogens is 2. The van der Waals surface area contributed by atoms with Crippen LogP contribution in [0.15, 0.2) is 54.7 Å². The zero-order valence-electron chi connectivity index (χ0n) is 14.7. The van der Waals surface area contributed by atoms with Crippen molar-refractivity contribution in [3.63, 3.8) is 0 Å². The molecule has 2 bridgehead atoms. The SMILES string of the molecule is c1cnc2ccc(-c3cccc4c5c([nH]c34)C3CCN(CC3)C5)cc2c1. The number of pyridine rings is 1. The molecule has 2 aromatic carbocycles. The summed E-state index contributed by atoms with van der Waals surface area (Å²) in [6, 6.07) is 17.5. The molecule has 1 saturated heterocycles. The van der Waals surface area contributed by atoms with Crippen LogP contribution in [0.3, 0.4) is 0 Å². The third-order valence-electron chi connectivity index (χ3n) is 6.27. The number of nitrogens with zero attached hydrogens (tertiary/aromatic N) is 2. The highest BCUT2D eigenvalue weighted by atomic mass is 15.1. The molecule has 0 amide bonds. The van der Waals surface area contributed by atoms with E-state index in [4.69, 9.17) is 0 Å². The maximum absolute atomic E-state index is 4.45. The van der Waals surface area contributed by atoms with Crippen molar-refractivity contribution in [2.75, 3.05) is 13.1 Å². The number of rotatable bonds is 1. The lowest BCUT2D eigenvalue weighted by atomic mass is 9.94. The summed E-state index contributed by atoms with van der Waals surface area (Å²) in [5, 5.41) is 2.60. The van der Waals surface area contributed by atoms with E-state index in [1.807, 2.05) is 12.3 Å². The Balaban J connectivity index is 1.58. The van der Waals surface area contributed by atoms with Crippen LogP contribution in [0.4, 0.5) is 0 Å².